The van der Waals surface area contributed by atoms with Gasteiger partial charge in [0.25, 0.3) is 5.91 Å². The summed E-state index contributed by atoms with van der Waals surface area (Å²) in [7, 11) is 0. The van der Waals surface area contributed by atoms with E-state index in [1.54, 1.807) is 30.5 Å². The van der Waals surface area contributed by atoms with Crippen molar-refractivity contribution in [2.45, 2.75) is 4.90 Å². The number of hydrogen-bond acceptors (Lipinski definition) is 7. The third kappa shape index (κ3) is 6.16. The van der Waals surface area contributed by atoms with E-state index in [0.29, 0.717) is 9.94 Å². The van der Waals surface area contributed by atoms with Gasteiger partial charge in [-0.1, -0.05) is 59.9 Å². The lowest BCUT2D eigenvalue weighted by atomic mass is 10.2. The van der Waals surface area contributed by atoms with Gasteiger partial charge < -0.3 is 10.6 Å². The summed E-state index contributed by atoms with van der Waals surface area (Å²) in [4.78, 5) is 29.3. The number of amides is 2. The van der Waals surface area contributed by atoms with Crippen molar-refractivity contribution < 1.29 is 9.59 Å². The van der Waals surface area contributed by atoms with Crippen LogP contribution in [0.5, 0.6) is 0 Å². The van der Waals surface area contributed by atoms with Crippen LogP contribution in [-0.4, -0.2) is 40.3 Å². The predicted octanol–water partition coefficient (Wildman–Crippen LogP) is 3.54. The molecule has 9 heteroatoms. The van der Waals surface area contributed by atoms with Gasteiger partial charge in [0.1, 0.15) is 0 Å². The van der Waals surface area contributed by atoms with Crippen molar-refractivity contribution in [1.29, 1.82) is 0 Å². The average Bonchev–Trinajstić information content (AvgIpc) is 2.78. The number of thioether (sulfide) groups is 2. The smallest absolute Gasteiger partial charge is 0.251 e. The number of carbonyl (C=O) groups is 2. The first-order valence-electron chi connectivity index (χ1n) is 8.95. The first kappa shape index (κ1) is 21.5. The molecule has 0 aliphatic rings. The third-order valence-corrected chi connectivity index (χ3v) is 5.92. The lowest BCUT2D eigenvalue weighted by Crippen LogP contribution is -2.36. The summed E-state index contributed by atoms with van der Waals surface area (Å²) in [5.74, 6) is -0.307. The van der Waals surface area contributed by atoms with Crippen molar-refractivity contribution in [3.63, 3.8) is 0 Å². The fourth-order valence-electron chi connectivity index (χ4n) is 2.48. The third-order valence-electron chi connectivity index (χ3n) is 3.87. The number of para-hydroxylation sites is 1. The zero-order chi connectivity index (χ0) is 21.2. The van der Waals surface area contributed by atoms with Crippen LogP contribution >= 0.6 is 23.5 Å². The predicted molar refractivity (Wildman–Crippen MR) is 124 cm³/mol. The number of nitrogens with one attached hydrogen (secondary N) is 2. The molecule has 2 N–H and O–H groups in total. The molecule has 3 rings (SSSR count). The lowest BCUT2D eigenvalue weighted by molar-refractivity contribution is -0.119. The number of fused-ring (bicyclic) bond motifs is 1. The number of aromatic nitrogens is 1. The van der Waals surface area contributed by atoms with E-state index >= 15 is 0 Å². The highest BCUT2D eigenvalue weighted by molar-refractivity contribution is 8.39. The van der Waals surface area contributed by atoms with E-state index in [1.165, 1.54) is 23.5 Å². The molecule has 30 heavy (non-hydrogen) atoms. The van der Waals surface area contributed by atoms with Gasteiger partial charge >= 0.3 is 0 Å². The van der Waals surface area contributed by atoms with E-state index in [0.717, 1.165) is 15.8 Å². The van der Waals surface area contributed by atoms with Crippen molar-refractivity contribution in [3.8, 4) is 0 Å². The van der Waals surface area contributed by atoms with Crippen LogP contribution in [0.15, 0.2) is 82.0 Å². The van der Waals surface area contributed by atoms with Gasteiger partial charge in [0.15, 0.2) is 4.38 Å². The van der Waals surface area contributed by atoms with Crippen LogP contribution in [0.4, 0.5) is 0 Å². The van der Waals surface area contributed by atoms with Crippen molar-refractivity contribution in [1.82, 2.24) is 15.6 Å². The van der Waals surface area contributed by atoms with Crippen molar-refractivity contribution in [3.05, 3.63) is 72.4 Å². The van der Waals surface area contributed by atoms with E-state index < -0.39 is 0 Å². The molecule has 0 fully saturated rings. The fourth-order valence-corrected chi connectivity index (χ4v) is 4.33. The Balaban J connectivity index is 1.50. The van der Waals surface area contributed by atoms with Crippen LogP contribution in [-0.2, 0) is 4.79 Å². The monoisotopic (exact) mass is 437 g/mol. The van der Waals surface area contributed by atoms with Gasteiger partial charge in [0.05, 0.1) is 17.9 Å². The van der Waals surface area contributed by atoms with E-state index in [1.807, 2.05) is 36.4 Å². The Bertz CT molecular complexity index is 1070. The molecular formula is C21H19N5O2S2. The molecule has 0 aliphatic heterocycles. The molecule has 2 aromatic carbocycles. The Labute approximate surface area is 182 Å². The molecule has 0 saturated carbocycles. The topological polar surface area (TPSA) is 95.8 Å². The molecule has 0 spiro atoms. The number of rotatable bonds is 7. The molecule has 2 amide bonds. The Morgan fingerprint density at radius 3 is 2.57 bits per heavy atom. The van der Waals surface area contributed by atoms with Crippen LogP contribution in [0.25, 0.3) is 10.9 Å². The van der Waals surface area contributed by atoms with Gasteiger partial charge in [-0.25, -0.2) is 0 Å². The standard InChI is InChI=1S/C21H19N5O2S2/c1-22-26-21(30-18-11-12-23-17-10-6-5-9-16(17)18)29-14-25-19(27)13-24-20(28)15-7-3-2-4-8-15/h2-12H,1,13-14H2,(H,24,28)(H,25,27)/b26-21+. The maximum Gasteiger partial charge on any atom is 0.251 e. The second-order valence-corrected chi connectivity index (χ2v) is 8.13. The number of pyridine rings is 1. The quantitative estimate of drug-likeness (QED) is 0.194. The first-order chi connectivity index (χ1) is 14.7. The van der Waals surface area contributed by atoms with Gasteiger partial charge in [-0.2, -0.15) is 5.10 Å². The minimum atomic E-state index is -0.295. The molecule has 3 aromatic rings. The number of carbonyl (C=O) groups excluding carboxylic acids is 2. The molecule has 0 aliphatic carbocycles. The van der Waals surface area contributed by atoms with Gasteiger partial charge in [0, 0.05) is 28.8 Å². The molecule has 0 radical (unpaired) electrons. The maximum atomic E-state index is 12.0. The van der Waals surface area contributed by atoms with Crippen LogP contribution in [0.1, 0.15) is 10.4 Å². The van der Waals surface area contributed by atoms with Gasteiger partial charge in [-0.15, -0.1) is 5.10 Å². The first-order valence-corrected chi connectivity index (χ1v) is 10.8. The molecule has 1 heterocycles. The average molecular weight is 438 g/mol. The van der Waals surface area contributed by atoms with E-state index in [-0.39, 0.29) is 24.2 Å². The molecule has 152 valence electrons. The second kappa shape index (κ2) is 11.1. The van der Waals surface area contributed by atoms with Crippen LogP contribution in [0, 0.1) is 0 Å². The second-order valence-electron chi connectivity index (χ2n) is 5.87. The Morgan fingerprint density at radius 2 is 1.77 bits per heavy atom. The molecule has 7 nitrogen and oxygen atoms in total. The molecule has 1 aromatic heterocycles. The molecule has 0 unspecified atom stereocenters. The number of nitrogens with zero attached hydrogens (tertiary/aromatic N) is 3. The van der Waals surface area contributed by atoms with E-state index in [2.05, 4.69) is 32.5 Å². The Morgan fingerprint density at radius 1 is 1.00 bits per heavy atom. The van der Waals surface area contributed by atoms with Crippen molar-refractivity contribution in [2.24, 2.45) is 10.2 Å². The highest BCUT2D eigenvalue weighted by atomic mass is 32.2. The van der Waals surface area contributed by atoms with E-state index in [9.17, 15) is 9.59 Å². The molecule has 0 saturated heterocycles. The summed E-state index contributed by atoms with van der Waals surface area (Å²) in [6.45, 7) is 3.31. The minimum absolute atomic E-state index is 0.109. The molecule has 0 atom stereocenters. The molecular weight excluding hydrogens is 418 g/mol. The number of hydrogen-bond donors (Lipinski definition) is 2. The maximum absolute atomic E-state index is 12.0. The fraction of sp³-hybridized carbons (Fsp3) is 0.0952. The van der Waals surface area contributed by atoms with Crippen LogP contribution in [0.3, 0.4) is 0 Å². The summed E-state index contributed by atoms with van der Waals surface area (Å²) in [6.07, 6.45) is 1.74. The molecule has 0 bridgehead atoms. The van der Waals surface area contributed by atoms with Gasteiger partial charge in [-0.05, 0) is 24.3 Å². The van der Waals surface area contributed by atoms with Gasteiger partial charge in [0.2, 0.25) is 5.91 Å². The zero-order valence-corrected chi connectivity index (χ0v) is 17.6. The normalized spacial score (nSPS) is 11.1. The highest BCUT2D eigenvalue weighted by Gasteiger charge is 2.10. The minimum Gasteiger partial charge on any atom is -0.345 e. The van der Waals surface area contributed by atoms with Gasteiger partial charge in [-0.3, -0.25) is 14.6 Å². The zero-order valence-electron chi connectivity index (χ0n) is 15.9. The summed E-state index contributed by atoms with van der Waals surface area (Å²) >= 11 is 2.75. The highest BCUT2D eigenvalue weighted by Crippen LogP contribution is 2.31. The van der Waals surface area contributed by atoms with Crippen LogP contribution in [0.2, 0.25) is 0 Å². The SMILES string of the molecule is C=N/N=C(\SCNC(=O)CNC(=O)c1ccccc1)Sc1ccnc2ccccc12. The lowest BCUT2D eigenvalue weighted by Gasteiger charge is -2.09. The summed E-state index contributed by atoms with van der Waals surface area (Å²) in [5, 5.41) is 14.0. The van der Waals surface area contributed by atoms with E-state index in [4.69, 9.17) is 0 Å². The Hall–Kier alpha value is -3.17. The Kier molecular flexibility index (Phi) is 7.99. The summed E-state index contributed by atoms with van der Waals surface area (Å²) < 4.78 is 0.634. The summed E-state index contributed by atoms with van der Waals surface area (Å²) in [5.41, 5.74) is 1.40. The summed E-state index contributed by atoms with van der Waals surface area (Å²) in [6, 6.07) is 18.5. The number of benzene rings is 2. The van der Waals surface area contributed by atoms with Crippen LogP contribution < -0.4 is 10.6 Å². The van der Waals surface area contributed by atoms with Crippen molar-refractivity contribution in [2.75, 3.05) is 12.4 Å². The largest absolute Gasteiger partial charge is 0.345 e. The van der Waals surface area contributed by atoms with Crippen molar-refractivity contribution >= 4 is 57.3 Å².